The monoisotopic (exact) mass is 282 g/mol. The summed E-state index contributed by atoms with van der Waals surface area (Å²) in [6.07, 6.45) is 9.74. The molecule has 0 aromatic heterocycles. The number of nitrogens with two attached hydrogens (primary N) is 1. The number of carbonyl (C=O) groups is 1. The van der Waals surface area contributed by atoms with Crippen LogP contribution in [0.2, 0.25) is 0 Å². The Kier molecular flexibility index (Phi) is 4.82. The number of carbonyl (C=O) groups excluding carboxylic acids is 1. The van der Waals surface area contributed by atoms with E-state index in [1.807, 2.05) is 0 Å². The molecule has 19 heavy (non-hydrogen) atoms. The minimum atomic E-state index is -0.545. The highest BCUT2D eigenvalue weighted by Crippen LogP contribution is 2.39. The van der Waals surface area contributed by atoms with Gasteiger partial charge in [-0.15, -0.1) is 0 Å². The molecule has 0 spiro atoms. The van der Waals surface area contributed by atoms with E-state index in [-0.39, 0.29) is 5.91 Å². The zero-order valence-corrected chi connectivity index (χ0v) is 12.7. The highest BCUT2D eigenvalue weighted by molar-refractivity contribution is 7.80. The van der Waals surface area contributed by atoms with Gasteiger partial charge in [0.05, 0.1) is 10.4 Å². The van der Waals surface area contributed by atoms with Gasteiger partial charge in [-0.05, 0) is 44.4 Å². The molecule has 0 bridgehead atoms. The molecule has 0 radical (unpaired) electrons. The molecule has 0 saturated heterocycles. The molecule has 0 aliphatic heterocycles. The quantitative estimate of drug-likeness (QED) is 0.780. The molecule has 0 heterocycles. The van der Waals surface area contributed by atoms with Crippen molar-refractivity contribution in [3.05, 3.63) is 0 Å². The van der Waals surface area contributed by atoms with Crippen molar-refractivity contribution in [2.45, 2.75) is 70.8 Å². The molecule has 3 N–H and O–H groups in total. The third-order valence-electron chi connectivity index (χ3n) is 5.12. The second-order valence-corrected chi connectivity index (χ2v) is 6.69. The molecule has 0 atom stereocenters. The first-order valence-electron chi connectivity index (χ1n) is 7.69. The molecule has 3 nitrogen and oxygen atoms in total. The van der Waals surface area contributed by atoms with Crippen LogP contribution in [0.25, 0.3) is 0 Å². The van der Waals surface area contributed by atoms with Crippen molar-refractivity contribution in [2.75, 3.05) is 0 Å². The molecular weight excluding hydrogens is 256 g/mol. The average Bonchev–Trinajstić information content (AvgIpc) is 2.90. The molecule has 0 unspecified atom stereocenters. The summed E-state index contributed by atoms with van der Waals surface area (Å²) in [4.78, 5) is 12.9. The molecule has 2 aliphatic rings. The lowest BCUT2D eigenvalue weighted by Gasteiger charge is -2.33. The lowest BCUT2D eigenvalue weighted by molar-refractivity contribution is -0.128. The van der Waals surface area contributed by atoms with Gasteiger partial charge in [-0.25, -0.2) is 0 Å². The summed E-state index contributed by atoms with van der Waals surface area (Å²) in [5.74, 6) is 0.946. The number of hydrogen-bond acceptors (Lipinski definition) is 2. The normalized spacial score (nSPS) is 29.9. The van der Waals surface area contributed by atoms with E-state index in [4.69, 9.17) is 18.0 Å². The van der Waals surface area contributed by atoms with Gasteiger partial charge in [0.2, 0.25) is 5.91 Å². The van der Waals surface area contributed by atoms with E-state index in [1.54, 1.807) is 0 Å². The maximum atomic E-state index is 12.5. The average molecular weight is 282 g/mol. The van der Waals surface area contributed by atoms with Crippen LogP contribution in [-0.4, -0.2) is 16.9 Å². The molecular formula is C15H26N2OS. The number of amides is 1. The largest absolute Gasteiger partial charge is 0.392 e. The fraction of sp³-hybridized carbons (Fsp3) is 0.867. The fourth-order valence-corrected chi connectivity index (χ4v) is 3.90. The van der Waals surface area contributed by atoms with E-state index >= 15 is 0 Å². The fourth-order valence-electron chi connectivity index (χ4n) is 3.60. The summed E-state index contributed by atoms with van der Waals surface area (Å²) >= 11 is 5.17. The van der Waals surface area contributed by atoms with Crippen LogP contribution in [0.1, 0.15) is 64.7 Å². The van der Waals surface area contributed by atoms with Gasteiger partial charge in [-0.1, -0.05) is 38.4 Å². The molecule has 2 rings (SSSR count). The second kappa shape index (κ2) is 6.21. The van der Waals surface area contributed by atoms with Gasteiger partial charge < -0.3 is 11.1 Å². The Hall–Kier alpha value is -0.640. The van der Waals surface area contributed by atoms with Crippen molar-refractivity contribution in [3.8, 4) is 0 Å². The van der Waals surface area contributed by atoms with Gasteiger partial charge in [-0.2, -0.15) is 0 Å². The predicted octanol–water partition coefficient (Wildman–Crippen LogP) is 2.92. The highest BCUT2D eigenvalue weighted by atomic mass is 32.1. The Balaban J connectivity index is 1.92. The van der Waals surface area contributed by atoms with E-state index in [9.17, 15) is 4.79 Å². The Labute approximate surface area is 121 Å². The van der Waals surface area contributed by atoms with E-state index in [0.717, 1.165) is 44.4 Å². The number of thiocarbonyl (C=S) groups is 1. The van der Waals surface area contributed by atoms with E-state index in [1.165, 1.54) is 19.3 Å². The van der Waals surface area contributed by atoms with Gasteiger partial charge in [-0.3, -0.25) is 4.79 Å². The Morgan fingerprint density at radius 2 is 1.84 bits per heavy atom. The molecule has 2 saturated carbocycles. The molecule has 1 amide bonds. The minimum Gasteiger partial charge on any atom is -0.392 e. The van der Waals surface area contributed by atoms with Gasteiger partial charge in [0.1, 0.15) is 0 Å². The minimum absolute atomic E-state index is 0.0949. The third kappa shape index (κ3) is 3.10. The first-order valence-corrected chi connectivity index (χ1v) is 8.10. The summed E-state index contributed by atoms with van der Waals surface area (Å²) in [6, 6.07) is 0.335. The van der Waals surface area contributed by atoms with Crippen molar-refractivity contribution in [1.29, 1.82) is 0 Å². The maximum absolute atomic E-state index is 12.5. The summed E-state index contributed by atoms with van der Waals surface area (Å²) < 4.78 is 0. The van der Waals surface area contributed by atoms with E-state index in [2.05, 4.69) is 12.2 Å². The van der Waals surface area contributed by atoms with E-state index < -0.39 is 5.41 Å². The summed E-state index contributed by atoms with van der Waals surface area (Å²) in [5, 5.41) is 3.22. The van der Waals surface area contributed by atoms with Crippen LogP contribution in [0.5, 0.6) is 0 Å². The SMILES string of the molecule is CCC1CCC(NC(=O)C2(C(N)=S)CCCC2)CC1. The topological polar surface area (TPSA) is 55.1 Å². The third-order valence-corrected chi connectivity index (χ3v) is 5.51. The molecule has 0 aromatic rings. The predicted molar refractivity (Wildman–Crippen MR) is 81.9 cm³/mol. The van der Waals surface area contributed by atoms with Crippen LogP contribution < -0.4 is 11.1 Å². The van der Waals surface area contributed by atoms with Crippen LogP contribution in [-0.2, 0) is 4.79 Å². The van der Waals surface area contributed by atoms with Gasteiger partial charge in [0.15, 0.2) is 0 Å². The standard InChI is InChI=1S/C15H26N2OS/c1-2-11-5-7-12(8-6-11)17-14(18)15(13(16)19)9-3-4-10-15/h11-12H,2-10H2,1H3,(H2,16,19)(H,17,18). The molecule has 4 heteroatoms. The van der Waals surface area contributed by atoms with Crippen LogP contribution in [0.4, 0.5) is 0 Å². The van der Waals surface area contributed by atoms with Crippen LogP contribution in [0.3, 0.4) is 0 Å². The van der Waals surface area contributed by atoms with Crippen molar-refractivity contribution < 1.29 is 4.79 Å². The van der Waals surface area contributed by atoms with Crippen LogP contribution in [0.15, 0.2) is 0 Å². The molecule has 0 aromatic carbocycles. The van der Waals surface area contributed by atoms with Crippen molar-refractivity contribution in [2.24, 2.45) is 17.1 Å². The highest BCUT2D eigenvalue weighted by Gasteiger charge is 2.44. The van der Waals surface area contributed by atoms with Gasteiger partial charge >= 0.3 is 0 Å². The Morgan fingerprint density at radius 3 is 2.32 bits per heavy atom. The zero-order valence-electron chi connectivity index (χ0n) is 11.9. The Bertz CT molecular complexity index is 342. The molecule has 2 fully saturated rings. The maximum Gasteiger partial charge on any atom is 0.233 e. The van der Waals surface area contributed by atoms with Crippen molar-refractivity contribution in [3.63, 3.8) is 0 Å². The number of nitrogens with one attached hydrogen (secondary N) is 1. The summed E-state index contributed by atoms with van der Waals surface area (Å²) in [7, 11) is 0. The lowest BCUT2D eigenvalue weighted by atomic mass is 9.82. The number of rotatable bonds is 4. The van der Waals surface area contributed by atoms with Crippen molar-refractivity contribution in [1.82, 2.24) is 5.32 Å². The Morgan fingerprint density at radius 1 is 1.26 bits per heavy atom. The van der Waals surface area contributed by atoms with Gasteiger partial charge in [0, 0.05) is 6.04 Å². The van der Waals surface area contributed by atoms with E-state index in [0.29, 0.717) is 11.0 Å². The van der Waals surface area contributed by atoms with Crippen LogP contribution in [0, 0.1) is 11.3 Å². The smallest absolute Gasteiger partial charge is 0.233 e. The number of hydrogen-bond donors (Lipinski definition) is 2. The summed E-state index contributed by atoms with van der Waals surface area (Å²) in [5.41, 5.74) is 5.31. The molecule has 108 valence electrons. The molecule has 2 aliphatic carbocycles. The zero-order chi connectivity index (χ0) is 13.9. The lowest BCUT2D eigenvalue weighted by Crippen LogP contribution is -2.50. The van der Waals surface area contributed by atoms with Crippen molar-refractivity contribution >= 4 is 23.1 Å². The summed E-state index contributed by atoms with van der Waals surface area (Å²) in [6.45, 7) is 2.25. The first kappa shape index (κ1) is 14.8. The van der Waals surface area contributed by atoms with Crippen LogP contribution >= 0.6 is 12.2 Å². The second-order valence-electron chi connectivity index (χ2n) is 6.25. The van der Waals surface area contributed by atoms with Gasteiger partial charge in [0.25, 0.3) is 0 Å². The first-order chi connectivity index (χ1) is 9.08.